The quantitative estimate of drug-likeness (QED) is 0.607. The van der Waals surface area contributed by atoms with Crippen LogP contribution in [0.1, 0.15) is 53.4 Å². The molecule has 0 amide bonds. The summed E-state index contributed by atoms with van der Waals surface area (Å²) in [5.74, 6) is 1.98. The molecule has 76 valence electrons. The maximum absolute atomic E-state index is 11.1. The fraction of sp³-hybridized carbons (Fsp3) is 0.917. The van der Waals surface area contributed by atoms with E-state index in [2.05, 4.69) is 27.7 Å². The third-order valence-corrected chi connectivity index (χ3v) is 3.66. The fourth-order valence-corrected chi connectivity index (χ4v) is 2.17. The van der Waals surface area contributed by atoms with E-state index in [9.17, 15) is 4.79 Å². The predicted molar refractivity (Wildman–Crippen MR) is 55.6 cm³/mol. The first-order valence-corrected chi connectivity index (χ1v) is 5.43. The maximum atomic E-state index is 11.1. The minimum absolute atomic E-state index is 0.394. The van der Waals surface area contributed by atoms with Crippen molar-refractivity contribution in [2.45, 2.75) is 53.4 Å². The molecule has 0 aromatic heterocycles. The SMILES string of the molecule is CC(C1CCC(=O)CC1)C(C)(C)C. The van der Waals surface area contributed by atoms with Crippen molar-refractivity contribution >= 4 is 5.78 Å². The van der Waals surface area contributed by atoms with Crippen LogP contribution in [-0.2, 0) is 4.79 Å². The van der Waals surface area contributed by atoms with E-state index >= 15 is 0 Å². The van der Waals surface area contributed by atoms with Crippen LogP contribution in [0.2, 0.25) is 0 Å². The molecule has 0 aromatic carbocycles. The maximum Gasteiger partial charge on any atom is 0.132 e. The summed E-state index contributed by atoms with van der Waals surface area (Å²) >= 11 is 0. The molecule has 0 N–H and O–H groups in total. The van der Waals surface area contributed by atoms with Gasteiger partial charge in [-0.05, 0) is 30.1 Å². The highest BCUT2D eigenvalue weighted by Gasteiger charge is 2.30. The van der Waals surface area contributed by atoms with Gasteiger partial charge >= 0.3 is 0 Å². The summed E-state index contributed by atoms with van der Waals surface area (Å²) < 4.78 is 0. The lowest BCUT2D eigenvalue weighted by Crippen LogP contribution is -2.28. The molecule has 0 spiro atoms. The molecule has 0 aliphatic heterocycles. The van der Waals surface area contributed by atoms with E-state index in [-0.39, 0.29) is 0 Å². The topological polar surface area (TPSA) is 17.1 Å². The standard InChI is InChI=1S/C12H22O/c1-9(12(2,3)4)10-5-7-11(13)8-6-10/h9-10H,5-8H2,1-4H3. The highest BCUT2D eigenvalue weighted by Crippen LogP contribution is 2.38. The van der Waals surface area contributed by atoms with Crippen LogP contribution in [-0.4, -0.2) is 5.78 Å². The molecule has 1 rings (SSSR count). The molecule has 1 atom stereocenters. The lowest BCUT2D eigenvalue weighted by molar-refractivity contribution is -0.121. The van der Waals surface area contributed by atoms with Crippen molar-refractivity contribution in [2.24, 2.45) is 17.3 Å². The zero-order valence-electron chi connectivity index (χ0n) is 9.39. The van der Waals surface area contributed by atoms with Gasteiger partial charge in [-0.2, -0.15) is 0 Å². The van der Waals surface area contributed by atoms with E-state index in [4.69, 9.17) is 0 Å². The van der Waals surface area contributed by atoms with E-state index in [0.717, 1.165) is 37.5 Å². The zero-order valence-corrected chi connectivity index (χ0v) is 9.39. The van der Waals surface area contributed by atoms with E-state index in [0.29, 0.717) is 11.2 Å². The largest absolute Gasteiger partial charge is 0.300 e. The number of carbonyl (C=O) groups excluding carboxylic acids is 1. The highest BCUT2D eigenvalue weighted by molar-refractivity contribution is 5.79. The van der Waals surface area contributed by atoms with Crippen molar-refractivity contribution in [3.8, 4) is 0 Å². The van der Waals surface area contributed by atoms with Crippen molar-refractivity contribution in [1.82, 2.24) is 0 Å². The summed E-state index contributed by atoms with van der Waals surface area (Å²) in [6.45, 7) is 9.23. The van der Waals surface area contributed by atoms with Gasteiger partial charge < -0.3 is 0 Å². The van der Waals surface area contributed by atoms with Gasteiger partial charge in [0.05, 0.1) is 0 Å². The Morgan fingerprint density at radius 2 is 1.69 bits per heavy atom. The Labute approximate surface area is 81.9 Å². The lowest BCUT2D eigenvalue weighted by atomic mass is 9.69. The minimum Gasteiger partial charge on any atom is -0.300 e. The summed E-state index contributed by atoms with van der Waals surface area (Å²) in [6, 6.07) is 0. The van der Waals surface area contributed by atoms with Crippen LogP contribution in [0.4, 0.5) is 0 Å². The summed E-state index contributed by atoms with van der Waals surface area (Å²) in [7, 11) is 0. The molecule has 0 aromatic rings. The Bertz CT molecular complexity index is 178. The van der Waals surface area contributed by atoms with Gasteiger partial charge in [-0.1, -0.05) is 27.7 Å². The van der Waals surface area contributed by atoms with Crippen molar-refractivity contribution in [2.75, 3.05) is 0 Å². The van der Waals surface area contributed by atoms with Crippen molar-refractivity contribution in [3.63, 3.8) is 0 Å². The van der Waals surface area contributed by atoms with Crippen molar-refractivity contribution in [1.29, 1.82) is 0 Å². The minimum atomic E-state index is 0.394. The first kappa shape index (κ1) is 10.7. The smallest absolute Gasteiger partial charge is 0.132 e. The van der Waals surface area contributed by atoms with Crippen molar-refractivity contribution in [3.05, 3.63) is 0 Å². The molecule has 1 heteroatoms. The molecule has 1 aliphatic rings. The second kappa shape index (κ2) is 3.81. The normalized spacial score (nSPS) is 23.2. The Morgan fingerprint density at radius 1 is 1.23 bits per heavy atom. The average Bonchev–Trinajstić information content (AvgIpc) is 2.03. The summed E-state index contributed by atoms with van der Waals surface area (Å²) in [6.07, 6.45) is 3.89. The molecule has 1 aliphatic carbocycles. The number of carbonyl (C=O) groups is 1. The van der Waals surface area contributed by atoms with Gasteiger partial charge in [0.2, 0.25) is 0 Å². The van der Waals surface area contributed by atoms with Gasteiger partial charge in [-0.15, -0.1) is 0 Å². The van der Waals surface area contributed by atoms with Gasteiger partial charge in [-0.3, -0.25) is 4.79 Å². The molecule has 1 fully saturated rings. The predicted octanol–water partition coefficient (Wildman–Crippen LogP) is 3.43. The molecule has 13 heavy (non-hydrogen) atoms. The van der Waals surface area contributed by atoms with Gasteiger partial charge in [0.25, 0.3) is 0 Å². The molecule has 0 heterocycles. The Morgan fingerprint density at radius 3 is 2.08 bits per heavy atom. The van der Waals surface area contributed by atoms with Crippen LogP contribution in [0.15, 0.2) is 0 Å². The van der Waals surface area contributed by atoms with E-state index < -0.39 is 0 Å². The lowest BCUT2D eigenvalue weighted by Gasteiger charge is -2.36. The summed E-state index contributed by atoms with van der Waals surface area (Å²) in [4.78, 5) is 11.1. The molecule has 0 radical (unpaired) electrons. The van der Waals surface area contributed by atoms with Gasteiger partial charge in [-0.25, -0.2) is 0 Å². The number of ketones is 1. The molecule has 1 saturated carbocycles. The first-order chi connectivity index (χ1) is 5.91. The van der Waals surface area contributed by atoms with Gasteiger partial charge in [0.15, 0.2) is 0 Å². The molecule has 1 nitrogen and oxygen atoms in total. The molecule has 0 bridgehead atoms. The highest BCUT2D eigenvalue weighted by atomic mass is 16.1. The molecular formula is C12H22O. The Hall–Kier alpha value is -0.330. The fourth-order valence-electron chi connectivity index (χ4n) is 2.17. The second-order valence-electron chi connectivity index (χ2n) is 5.53. The Kier molecular flexibility index (Phi) is 3.15. The third kappa shape index (κ3) is 2.82. The van der Waals surface area contributed by atoms with E-state index in [1.54, 1.807) is 0 Å². The van der Waals surface area contributed by atoms with E-state index in [1.165, 1.54) is 0 Å². The van der Waals surface area contributed by atoms with Gasteiger partial charge in [0.1, 0.15) is 5.78 Å². The van der Waals surface area contributed by atoms with Crippen LogP contribution in [0.3, 0.4) is 0 Å². The molecule has 1 unspecified atom stereocenters. The molecular weight excluding hydrogens is 160 g/mol. The molecule has 0 saturated heterocycles. The van der Waals surface area contributed by atoms with E-state index in [1.807, 2.05) is 0 Å². The average molecular weight is 182 g/mol. The summed E-state index contributed by atoms with van der Waals surface area (Å²) in [5, 5.41) is 0. The van der Waals surface area contributed by atoms with Gasteiger partial charge in [0, 0.05) is 12.8 Å². The monoisotopic (exact) mass is 182 g/mol. The van der Waals surface area contributed by atoms with Crippen LogP contribution in [0, 0.1) is 17.3 Å². The number of rotatable bonds is 1. The number of hydrogen-bond acceptors (Lipinski definition) is 1. The first-order valence-electron chi connectivity index (χ1n) is 5.43. The zero-order chi connectivity index (χ0) is 10.1. The summed E-state index contributed by atoms with van der Waals surface area (Å²) in [5.41, 5.74) is 0.394. The second-order valence-corrected chi connectivity index (χ2v) is 5.53. The van der Waals surface area contributed by atoms with Crippen LogP contribution >= 0.6 is 0 Å². The number of hydrogen-bond donors (Lipinski definition) is 0. The van der Waals surface area contributed by atoms with Crippen LogP contribution < -0.4 is 0 Å². The van der Waals surface area contributed by atoms with Crippen LogP contribution in [0.25, 0.3) is 0 Å². The van der Waals surface area contributed by atoms with Crippen LogP contribution in [0.5, 0.6) is 0 Å². The third-order valence-electron chi connectivity index (χ3n) is 3.66. The van der Waals surface area contributed by atoms with Crippen molar-refractivity contribution < 1.29 is 4.79 Å². The Balaban J connectivity index is 2.49. The number of Topliss-reactive ketones (excluding diaryl/α,β-unsaturated/α-hetero) is 1.